The number of fused-ring (bicyclic) bond motifs is 1. The molecule has 1 amide bonds. The molecule has 1 heterocycles. The molecule has 0 aliphatic carbocycles. The normalized spacial score (nSPS) is 17.7. The lowest BCUT2D eigenvalue weighted by Gasteiger charge is -2.22. The van der Waals surface area contributed by atoms with Gasteiger partial charge in [0.25, 0.3) is 11.5 Å². The lowest BCUT2D eigenvalue weighted by atomic mass is 10.1. The van der Waals surface area contributed by atoms with Crippen LogP contribution in [0, 0.1) is 0 Å². The number of rotatable bonds is 3. The van der Waals surface area contributed by atoms with E-state index in [4.69, 9.17) is 25.3 Å². The number of aromatic nitrogens is 1. The molecular formula is C19H17ClN2O3. The summed E-state index contributed by atoms with van der Waals surface area (Å²) in [6.07, 6.45) is 0. The van der Waals surface area contributed by atoms with E-state index < -0.39 is 72.0 Å². The summed E-state index contributed by atoms with van der Waals surface area (Å²) in [5.41, 5.74) is -3.29. The largest absolute Gasteiger partial charge is 0.506 e. The standard InChI is InChI=1S/C19H17ClN2O3/c1-3-22(12-8-5-4-6-9-12)19(25)16-17(23)15-13(20)10-7-11-14(15)21(2)18(16)24/h4-11,23H,3H2,1-2H3/i1D3,3D2,4D,5D,6D,8D,9D. The molecule has 0 aliphatic heterocycles. The first kappa shape index (κ1) is 8.54. The van der Waals surface area contributed by atoms with E-state index in [1.54, 1.807) is 0 Å². The third kappa shape index (κ3) is 2.76. The second kappa shape index (κ2) is 6.61. The number of anilines is 1. The summed E-state index contributed by atoms with van der Waals surface area (Å²) >= 11 is 6.14. The maximum atomic E-state index is 13.7. The van der Waals surface area contributed by atoms with E-state index in [1.165, 1.54) is 25.2 Å². The first-order valence-corrected chi connectivity index (χ1v) is 7.26. The zero-order valence-corrected chi connectivity index (χ0v) is 13.5. The molecule has 0 atom stereocenters. The Morgan fingerprint density at radius 3 is 2.80 bits per heavy atom. The molecule has 0 spiro atoms. The van der Waals surface area contributed by atoms with E-state index >= 15 is 0 Å². The van der Waals surface area contributed by atoms with Gasteiger partial charge in [0.2, 0.25) is 0 Å². The van der Waals surface area contributed by atoms with E-state index in [1.807, 2.05) is 0 Å². The summed E-state index contributed by atoms with van der Waals surface area (Å²) in [5, 5.41) is 10.6. The number of aryl methyl sites for hydroxylation is 1. The van der Waals surface area contributed by atoms with E-state index in [9.17, 15) is 14.7 Å². The Morgan fingerprint density at radius 2 is 2.12 bits per heavy atom. The van der Waals surface area contributed by atoms with Gasteiger partial charge in [-0.05, 0) is 31.1 Å². The van der Waals surface area contributed by atoms with Crippen LogP contribution in [0.15, 0.2) is 53.2 Å². The smallest absolute Gasteiger partial charge is 0.267 e. The van der Waals surface area contributed by atoms with Crippen LogP contribution in [0.4, 0.5) is 5.69 Å². The number of benzene rings is 2. The predicted octanol–water partition coefficient (Wildman–Crippen LogP) is 3.56. The molecule has 0 fully saturated rings. The van der Waals surface area contributed by atoms with Gasteiger partial charge in [-0.15, -0.1) is 0 Å². The van der Waals surface area contributed by atoms with Crippen LogP contribution in [-0.2, 0) is 7.05 Å². The molecule has 0 bridgehead atoms. The molecule has 0 saturated carbocycles. The van der Waals surface area contributed by atoms with Crippen molar-refractivity contribution in [3.63, 3.8) is 0 Å². The maximum absolute atomic E-state index is 13.7. The van der Waals surface area contributed by atoms with Crippen molar-refractivity contribution < 1.29 is 23.6 Å². The Bertz CT molecular complexity index is 1420. The monoisotopic (exact) mass is 366 g/mol. The lowest BCUT2D eigenvalue weighted by molar-refractivity contribution is 0.0984. The zero-order valence-electron chi connectivity index (χ0n) is 22.8. The van der Waals surface area contributed by atoms with Crippen LogP contribution in [0.3, 0.4) is 0 Å². The summed E-state index contributed by atoms with van der Waals surface area (Å²) in [4.78, 5) is 26.6. The summed E-state index contributed by atoms with van der Waals surface area (Å²) in [6, 6.07) is -0.778. The van der Waals surface area contributed by atoms with Crippen molar-refractivity contribution in [2.75, 3.05) is 11.4 Å². The molecule has 0 saturated heterocycles. The number of halogens is 1. The van der Waals surface area contributed by atoms with Crippen molar-refractivity contribution in [3.8, 4) is 5.75 Å². The highest BCUT2D eigenvalue weighted by atomic mass is 35.5. The van der Waals surface area contributed by atoms with Crippen molar-refractivity contribution >= 4 is 34.1 Å². The molecule has 128 valence electrons. The summed E-state index contributed by atoms with van der Waals surface area (Å²) in [6.45, 7) is -7.30. The number of amides is 1. The Kier molecular flexibility index (Phi) is 2.26. The highest BCUT2D eigenvalue weighted by Crippen LogP contribution is 2.33. The molecule has 1 N–H and O–H groups in total. The lowest BCUT2D eigenvalue weighted by Crippen LogP contribution is -2.36. The fourth-order valence-electron chi connectivity index (χ4n) is 2.40. The van der Waals surface area contributed by atoms with Crippen LogP contribution in [0.5, 0.6) is 5.75 Å². The van der Waals surface area contributed by atoms with Gasteiger partial charge in [0.15, 0.2) is 0 Å². The number of carbonyl (C=O) groups excluding carboxylic acids is 1. The van der Waals surface area contributed by atoms with Gasteiger partial charge in [-0.25, -0.2) is 0 Å². The summed E-state index contributed by atoms with van der Waals surface area (Å²) in [5.74, 6) is -2.73. The Balaban J connectivity index is 2.51. The average molecular weight is 367 g/mol. The molecule has 6 heteroatoms. The number of aromatic hydroxyl groups is 1. The molecule has 0 unspecified atom stereocenters. The van der Waals surface area contributed by atoms with Gasteiger partial charge in [0.1, 0.15) is 11.3 Å². The van der Waals surface area contributed by atoms with Gasteiger partial charge < -0.3 is 14.6 Å². The topological polar surface area (TPSA) is 62.5 Å². The van der Waals surface area contributed by atoms with Gasteiger partial charge in [-0.3, -0.25) is 9.59 Å². The molecule has 0 radical (unpaired) electrons. The quantitative estimate of drug-likeness (QED) is 0.770. The highest BCUT2D eigenvalue weighted by Gasteiger charge is 2.26. The number of para-hydroxylation sites is 1. The van der Waals surface area contributed by atoms with E-state index in [2.05, 4.69) is 0 Å². The van der Waals surface area contributed by atoms with Gasteiger partial charge in [0.05, 0.1) is 22.8 Å². The predicted molar refractivity (Wildman–Crippen MR) is 99.7 cm³/mol. The van der Waals surface area contributed by atoms with Crippen LogP contribution in [0.1, 0.15) is 30.9 Å². The second-order valence-electron chi connectivity index (χ2n) is 4.95. The molecule has 5 nitrogen and oxygen atoms in total. The van der Waals surface area contributed by atoms with E-state index in [-0.39, 0.29) is 20.8 Å². The van der Waals surface area contributed by atoms with Crippen molar-refractivity contribution in [3.05, 3.63) is 69.4 Å². The number of nitrogens with zero attached hydrogens (tertiary/aromatic N) is 2. The van der Waals surface area contributed by atoms with Crippen molar-refractivity contribution in [1.82, 2.24) is 4.57 Å². The first-order chi connectivity index (χ1) is 16.0. The molecule has 1 aromatic heterocycles. The minimum Gasteiger partial charge on any atom is -0.506 e. The van der Waals surface area contributed by atoms with Gasteiger partial charge in [-0.1, -0.05) is 35.8 Å². The summed E-state index contributed by atoms with van der Waals surface area (Å²) < 4.78 is 79.9. The third-order valence-electron chi connectivity index (χ3n) is 3.58. The van der Waals surface area contributed by atoms with Crippen LogP contribution >= 0.6 is 11.6 Å². The minimum atomic E-state index is -3.69. The minimum absolute atomic E-state index is 0.0853. The third-order valence-corrected chi connectivity index (χ3v) is 3.90. The first-order valence-electron chi connectivity index (χ1n) is 11.9. The SMILES string of the molecule is [2H]c1c([2H])c([2H])c(N(C(=O)c2c(O)c3c(Cl)cccc3n(C)c2=O)C([2H])([2H])C([2H])([2H])[2H])c([2H])c1[2H]. The van der Waals surface area contributed by atoms with E-state index in [0.29, 0.717) is 0 Å². The second-order valence-corrected chi connectivity index (χ2v) is 5.35. The Morgan fingerprint density at radius 1 is 1.40 bits per heavy atom. The zero-order chi connectivity index (χ0) is 26.8. The van der Waals surface area contributed by atoms with Gasteiger partial charge in [0, 0.05) is 26.1 Å². The van der Waals surface area contributed by atoms with Crippen molar-refractivity contribution in [2.45, 2.75) is 6.85 Å². The number of pyridine rings is 1. The van der Waals surface area contributed by atoms with Crippen LogP contribution in [0.25, 0.3) is 10.9 Å². The van der Waals surface area contributed by atoms with Crippen LogP contribution in [-0.4, -0.2) is 22.1 Å². The van der Waals surface area contributed by atoms with Crippen LogP contribution < -0.4 is 10.5 Å². The number of carbonyl (C=O) groups is 1. The van der Waals surface area contributed by atoms with Crippen molar-refractivity contribution in [1.29, 1.82) is 0 Å². The maximum Gasteiger partial charge on any atom is 0.267 e. The van der Waals surface area contributed by atoms with E-state index in [0.717, 1.165) is 4.57 Å². The van der Waals surface area contributed by atoms with Crippen molar-refractivity contribution in [2.24, 2.45) is 7.05 Å². The number of hydrogen-bond acceptors (Lipinski definition) is 3. The molecule has 25 heavy (non-hydrogen) atoms. The van der Waals surface area contributed by atoms with Gasteiger partial charge >= 0.3 is 0 Å². The molecule has 3 aromatic rings. The number of hydrogen-bond donors (Lipinski definition) is 1. The molecule has 2 aromatic carbocycles. The molecule has 3 rings (SSSR count). The fraction of sp³-hybridized carbons (Fsp3) is 0.158. The molecular weight excluding hydrogens is 340 g/mol. The highest BCUT2D eigenvalue weighted by molar-refractivity contribution is 6.36. The fourth-order valence-corrected chi connectivity index (χ4v) is 2.66. The Hall–Kier alpha value is -2.79. The summed E-state index contributed by atoms with van der Waals surface area (Å²) in [7, 11) is 1.23. The molecule has 0 aliphatic rings. The van der Waals surface area contributed by atoms with Crippen LogP contribution in [0.2, 0.25) is 5.02 Å². The average Bonchev–Trinajstić information content (AvgIpc) is 2.76. The van der Waals surface area contributed by atoms with Gasteiger partial charge in [-0.2, -0.15) is 0 Å². The Labute approximate surface area is 163 Å².